The number of nitrogens with one attached hydrogen (secondary N) is 2. The number of amides is 3. The van der Waals surface area contributed by atoms with Gasteiger partial charge in [0, 0.05) is 24.0 Å². The first-order chi connectivity index (χ1) is 15.7. The van der Waals surface area contributed by atoms with Crippen LogP contribution in [0, 0.1) is 0 Å². The Kier molecular flexibility index (Phi) is 6.71. The van der Waals surface area contributed by atoms with E-state index < -0.39 is 39.6 Å². The fraction of sp³-hybridized carbons (Fsp3) is 0.348. The van der Waals surface area contributed by atoms with Crippen LogP contribution in [0.4, 0.5) is 0 Å². The lowest BCUT2D eigenvalue weighted by Crippen LogP contribution is -2.67. The predicted octanol–water partition coefficient (Wildman–Crippen LogP) is 1.33. The van der Waals surface area contributed by atoms with E-state index in [0.717, 1.165) is 5.56 Å². The summed E-state index contributed by atoms with van der Waals surface area (Å²) in [5.41, 5.74) is 0.887. The molecule has 0 radical (unpaired) electrons. The van der Waals surface area contributed by atoms with Crippen LogP contribution in [0.3, 0.4) is 0 Å². The SMILES string of the molecule is O=C(CS(=O)(=O)c1ccccc1)N[C@H]1CCN2C(=O)[C@@H](Cc3ccc(Cl)cc3)NC(=O)[C@@H]2C1. The average molecular weight is 490 g/mol. The van der Waals surface area contributed by atoms with E-state index in [-0.39, 0.29) is 23.1 Å². The maximum absolute atomic E-state index is 13.0. The maximum atomic E-state index is 13.0. The Balaban J connectivity index is 1.35. The highest BCUT2D eigenvalue weighted by molar-refractivity contribution is 7.92. The zero-order chi connectivity index (χ0) is 23.6. The van der Waals surface area contributed by atoms with Crippen LogP contribution >= 0.6 is 11.6 Å². The molecule has 3 atom stereocenters. The normalized spacial score (nSPS) is 22.9. The van der Waals surface area contributed by atoms with Crippen LogP contribution in [0.2, 0.25) is 5.02 Å². The van der Waals surface area contributed by atoms with Gasteiger partial charge >= 0.3 is 0 Å². The number of rotatable bonds is 6. The van der Waals surface area contributed by atoms with Crippen molar-refractivity contribution in [2.75, 3.05) is 12.3 Å². The van der Waals surface area contributed by atoms with E-state index in [1.54, 1.807) is 35.2 Å². The molecule has 0 spiro atoms. The Labute approximate surface area is 197 Å². The first kappa shape index (κ1) is 23.3. The molecule has 0 aromatic heterocycles. The van der Waals surface area contributed by atoms with Crippen LogP contribution in [0.5, 0.6) is 0 Å². The number of hydrogen-bond acceptors (Lipinski definition) is 5. The molecule has 2 heterocycles. The lowest BCUT2D eigenvalue weighted by atomic mass is 9.91. The van der Waals surface area contributed by atoms with Crippen molar-refractivity contribution in [3.8, 4) is 0 Å². The number of piperazine rings is 1. The van der Waals surface area contributed by atoms with Crippen molar-refractivity contribution in [3.63, 3.8) is 0 Å². The molecule has 8 nitrogen and oxygen atoms in total. The maximum Gasteiger partial charge on any atom is 0.246 e. The molecular formula is C23H24ClN3O5S. The lowest BCUT2D eigenvalue weighted by molar-refractivity contribution is -0.151. The summed E-state index contributed by atoms with van der Waals surface area (Å²) in [6, 6.07) is 13.2. The summed E-state index contributed by atoms with van der Waals surface area (Å²) in [5, 5.41) is 6.11. The molecule has 2 saturated heterocycles. The third kappa shape index (κ3) is 5.36. The Hall–Kier alpha value is -2.91. The zero-order valence-electron chi connectivity index (χ0n) is 17.7. The standard InChI is InChI=1S/C23H24ClN3O5S/c24-16-8-6-15(7-9-16)12-19-23(30)27-11-10-17(13-20(27)22(29)26-19)25-21(28)14-33(31,32)18-4-2-1-3-5-18/h1-9,17,19-20H,10-14H2,(H,25,28)(H,26,29)/t17-,19+,20-/m0/s1. The zero-order valence-corrected chi connectivity index (χ0v) is 19.3. The van der Waals surface area contributed by atoms with Gasteiger partial charge in [-0.2, -0.15) is 0 Å². The first-order valence-corrected chi connectivity index (χ1v) is 12.7. The van der Waals surface area contributed by atoms with E-state index >= 15 is 0 Å². The number of sulfone groups is 1. The second-order valence-electron chi connectivity index (χ2n) is 8.30. The number of halogens is 1. The van der Waals surface area contributed by atoms with E-state index in [2.05, 4.69) is 10.6 Å². The highest BCUT2D eigenvalue weighted by Gasteiger charge is 2.44. The van der Waals surface area contributed by atoms with Gasteiger partial charge in [0.05, 0.1) is 4.90 Å². The van der Waals surface area contributed by atoms with E-state index in [1.807, 2.05) is 12.1 Å². The summed E-state index contributed by atoms with van der Waals surface area (Å²) in [5.74, 6) is -1.73. The Morgan fingerprint density at radius 3 is 2.48 bits per heavy atom. The second kappa shape index (κ2) is 9.52. The molecule has 0 saturated carbocycles. The molecule has 33 heavy (non-hydrogen) atoms. The molecule has 4 rings (SSSR count). The molecule has 2 aliphatic heterocycles. The molecule has 2 fully saturated rings. The highest BCUT2D eigenvalue weighted by atomic mass is 35.5. The minimum atomic E-state index is -3.76. The number of hydrogen-bond donors (Lipinski definition) is 2. The van der Waals surface area contributed by atoms with E-state index in [9.17, 15) is 22.8 Å². The van der Waals surface area contributed by atoms with Crippen molar-refractivity contribution >= 4 is 39.2 Å². The lowest BCUT2D eigenvalue weighted by Gasteiger charge is -2.44. The second-order valence-corrected chi connectivity index (χ2v) is 10.7. The first-order valence-electron chi connectivity index (χ1n) is 10.7. The quantitative estimate of drug-likeness (QED) is 0.635. The molecule has 0 aliphatic carbocycles. The Bertz CT molecular complexity index is 1150. The molecule has 2 aromatic rings. The van der Waals surface area contributed by atoms with Gasteiger partial charge in [0.2, 0.25) is 17.7 Å². The molecule has 2 aromatic carbocycles. The van der Waals surface area contributed by atoms with Crippen LogP contribution in [0.1, 0.15) is 18.4 Å². The van der Waals surface area contributed by atoms with Gasteiger partial charge in [0.25, 0.3) is 0 Å². The minimum Gasteiger partial charge on any atom is -0.352 e. The van der Waals surface area contributed by atoms with Gasteiger partial charge in [-0.15, -0.1) is 0 Å². The predicted molar refractivity (Wildman–Crippen MR) is 122 cm³/mol. The highest BCUT2D eigenvalue weighted by Crippen LogP contribution is 2.24. The molecule has 0 unspecified atom stereocenters. The summed E-state index contributed by atoms with van der Waals surface area (Å²) < 4.78 is 24.9. The van der Waals surface area contributed by atoms with Crippen molar-refractivity contribution in [2.45, 2.75) is 42.3 Å². The number of fused-ring (bicyclic) bond motifs is 1. The average Bonchev–Trinajstić information content (AvgIpc) is 2.79. The summed E-state index contributed by atoms with van der Waals surface area (Å²) in [6.07, 6.45) is 1.05. The van der Waals surface area contributed by atoms with Crippen LogP contribution < -0.4 is 10.6 Å². The summed E-state index contributed by atoms with van der Waals surface area (Å²) in [6.45, 7) is 0.310. The largest absolute Gasteiger partial charge is 0.352 e. The van der Waals surface area contributed by atoms with Gasteiger partial charge in [-0.1, -0.05) is 41.9 Å². The van der Waals surface area contributed by atoms with Crippen molar-refractivity contribution in [1.29, 1.82) is 0 Å². The Morgan fingerprint density at radius 1 is 1.09 bits per heavy atom. The van der Waals surface area contributed by atoms with Gasteiger partial charge in [0.15, 0.2) is 9.84 Å². The van der Waals surface area contributed by atoms with Gasteiger partial charge < -0.3 is 15.5 Å². The fourth-order valence-corrected chi connectivity index (χ4v) is 5.58. The Morgan fingerprint density at radius 2 is 1.79 bits per heavy atom. The molecule has 2 N–H and O–H groups in total. The molecule has 3 amide bonds. The number of benzene rings is 2. The van der Waals surface area contributed by atoms with Crippen molar-refractivity contribution < 1.29 is 22.8 Å². The smallest absolute Gasteiger partial charge is 0.246 e. The van der Waals surface area contributed by atoms with Crippen molar-refractivity contribution in [1.82, 2.24) is 15.5 Å². The number of nitrogens with zero attached hydrogens (tertiary/aromatic N) is 1. The topological polar surface area (TPSA) is 113 Å². The third-order valence-electron chi connectivity index (χ3n) is 5.94. The molecule has 174 valence electrons. The van der Waals surface area contributed by atoms with Crippen LogP contribution in [0.15, 0.2) is 59.5 Å². The summed E-state index contributed by atoms with van der Waals surface area (Å²) >= 11 is 5.91. The van der Waals surface area contributed by atoms with Crippen molar-refractivity contribution in [2.24, 2.45) is 0 Å². The number of carbonyl (C=O) groups is 3. The summed E-state index contributed by atoms with van der Waals surface area (Å²) in [7, 11) is -3.76. The molecule has 10 heteroatoms. The fourth-order valence-electron chi connectivity index (χ4n) is 4.29. The van der Waals surface area contributed by atoms with Crippen LogP contribution in [-0.4, -0.2) is 61.5 Å². The van der Waals surface area contributed by atoms with Gasteiger partial charge in [-0.25, -0.2) is 8.42 Å². The van der Waals surface area contributed by atoms with Crippen molar-refractivity contribution in [3.05, 3.63) is 65.2 Å². The molecular weight excluding hydrogens is 466 g/mol. The molecule has 2 aliphatic rings. The van der Waals surface area contributed by atoms with Gasteiger partial charge in [0.1, 0.15) is 17.8 Å². The minimum absolute atomic E-state index is 0.0824. The van der Waals surface area contributed by atoms with Gasteiger partial charge in [-0.3, -0.25) is 14.4 Å². The summed E-state index contributed by atoms with van der Waals surface area (Å²) in [4.78, 5) is 39.8. The van der Waals surface area contributed by atoms with Crippen LogP contribution in [-0.2, 0) is 30.6 Å². The number of piperidine rings is 1. The van der Waals surface area contributed by atoms with E-state index in [0.29, 0.717) is 24.4 Å². The van der Waals surface area contributed by atoms with Crippen LogP contribution in [0.25, 0.3) is 0 Å². The third-order valence-corrected chi connectivity index (χ3v) is 7.83. The molecule has 0 bridgehead atoms. The monoisotopic (exact) mass is 489 g/mol. The number of carbonyl (C=O) groups excluding carboxylic acids is 3. The van der Waals surface area contributed by atoms with E-state index in [4.69, 9.17) is 11.6 Å². The van der Waals surface area contributed by atoms with Gasteiger partial charge in [-0.05, 0) is 42.7 Å². The van der Waals surface area contributed by atoms with E-state index in [1.165, 1.54) is 12.1 Å².